The number of hydrogen-bond donors (Lipinski definition) is 1. The van der Waals surface area contributed by atoms with Gasteiger partial charge in [-0.3, -0.25) is 4.74 Å². The zero-order valence-corrected chi connectivity index (χ0v) is 6.91. The highest BCUT2D eigenvalue weighted by Crippen LogP contribution is 2.34. The third kappa shape index (κ3) is 2.60. The van der Waals surface area contributed by atoms with Crippen LogP contribution in [0.4, 0.5) is 13.2 Å². The predicted molar refractivity (Wildman–Crippen MR) is 40.4 cm³/mol. The molecule has 0 saturated heterocycles. The highest BCUT2D eigenvalue weighted by atomic mass is 32.1. The van der Waals surface area contributed by atoms with Gasteiger partial charge >= 0.3 is 6.36 Å². The monoisotopic (exact) mass is 199 g/mol. The molecule has 0 bridgehead atoms. The van der Waals surface area contributed by atoms with Crippen LogP contribution in [-0.2, 0) is 4.74 Å². The van der Waals surface area contributed by atoms with E-state index in [4.69, 9.17) is 5.73 Å². The van der Waals surface area contributed by atoms with Gasteiger partial charge in [0.2, 0.25) is 0 Å². The minimum absolute atomic E-state index is 0.0765. The van der Waals surface area contributed by atoms with E-state index in [0.717, 1.165) is 0 Å². The summed E-state index contributed by atoms with van der Waals surface area (Å²) in [4.78, 5) is 0.275. The van der Waals surface area contributed by atoms with Crippen LogP contribution in [0, 0.1) is 5.92 Å². The number of halogens is 3. The topological polar surface area (TPSA) is 35.2 Å². The van der Waals surface area contributed by atoms with Crippen molar-refractivity contribution in [2.24, 2.45) is 11.7 Å². The molecule has 1 rings (SSSR count). The Bertz CT molecular complexity index is 188. The van der Waals surface area contributed by atoms with Crippen LogP contribution in [0.1, 0.15) is 12.8 Å². The van der Waals surface area contributed by atoms with Crippen molar-refractivity contribution in [3.63, 3.8) is 0 Å². The second-order valence-corrected chi connectivity index (χ2v) is 3.23. The molecule has 0 radical (unpaired) electrons. The van der Waals surface area contributed by atoms with Crippen LogP contribution >= 0.6 is 12.2 Å². The lowest BCUT2D eigenvalue weighted by molar-refractivity contribution is -0.352. The molecule has 0 atom stereocenters. The van der Waals surface area contributed by atoms with Gasteiger partial charge in [-0.2, -0.15) is 0 Å². The van der Waals surface area contributed by atoms with Crippen molar-refractivity contribution in [3.05, 3.63) is 0 Å². The van der Waals surface area contributed by atoms with E-state index in [1.807, 2.05) is 0 Å². The van der Waals surface area contributed by atoms with Gasteiger partial charge in [-0.05, 0) is 12.8 Å². The van der Waals surface area contributed by atoms with Gasteiger partial charge in [0.25, 0.3) is 0 Å². The van der Waals surface area contributed by atoms with Crippen molar-refractivity contribution in [2.45, 2.75) is 25.3 Å². The zero-order valence-electron chi connectivity index (χ0n) is 6.10. The Morgan fingerprint density at radius 2 is 1.92 bits per heavy atom. The van der Waals surface area contributed by atoms with Gasteiger partial charge in [0.05, 0.1) is 11.1 Å². The van der Waals surface area contributed by atoms with Gasteiger partial charge in [0.15, 0.2) is 0 Å². The number of hydrogen-bond acceptors (Lipinski definition) is 2. The SMILES string of the molecule is NC(=S)[C@H]1C[C@@H](OC(F)(F)F)C1. The molecule has 1 saturated carbocycles. The van der Waals surface area contributed by atoms with Crippen molar-refractivity contribution in [1.82, 2.24) is 0 Å². The number of nitrogens with two attached hydrogens (primary N) is 1. The van der Waals surface area contributed by atoms with E-state index in [1.54, 1.807) is 0 Å². The predicted octanol–water partition coefficient (Wildman–Crippen LogP) is 1.59. The summed E-state index contributed by atoms with van der Waals surface area (Å²) in [5, 5.41) is 0. The Labute approximate surface area is 72.9 Å². The molecule has 1 fully saturated rings. The average molecular weight is 199 g/mol. The Balaban J connectivity index is 2.22. The molecule has 0 aliphatic heterocycles. The second-order valence-electron chi connectivity index (χ2n) is 2.76. The lowest BCUT2D eigenvalue weighted by Crippen LogP contribution is -2.41. The third-order valence-electron chi connectivity index (χ3n) is 1.80. The van der Waals surface area contributed by atoms with E-state index in [-0.39, 0.29) is 23.7 Å². The first-order valence-corrected chi connectivity index (χ1v) is 3.83. The fraction of sp³-hybridized carbons (Fsp3) is 0.833. The molecule has 0 aromatic carbocycles. The van der Waals surface area contributed by atoms with Crippen molar-refractivity contribution in [2.75, 3.05) is 0 Å². The second kappa shape index (κ2) is 3.18. The summed E-state index contributed by atoms with van der Waals surface area (Å²) in [5.74, 6) is -0.0765. The fourth-order valence-electron chi connectivity index (χ4n) is 1.08. The molecule has 1 aliphatic carbocycles. The molecule has 0 aromatic heterocycles. The first-order valence-electron chi connectivity index (χ1n) is 3.42. The molecule has 70 valence electrons. The Morgan fingerprint density at radius 3 is 2.25 bits per heavy atom. The highest BCUT2D eigenvalue weighted by molar-refractivity contribution is 7.80. The van der Waals surface area contributed by atoms with Gasteiger partial charge in [-0.15, -0.1) is 13.2 Å². The van der Waals surface area contributed by atoms with E-state index in [1.165, 1.54) is 0 Å². The zero-order chi connectivity index (χ0) is 9.35. The first kappa shape index (κ1) is 9.73. The van der Waals surface area contributed by atoms with Crippen molar-refractivity contribution < 1.29 is 17.9 Å². The molecule has 6 heteroatoms. The minimum atomic E-state index is -4.54. The number of thiocarbonyl (C=S) groups is 1. The quantitative estimate of drug-likeness (QED) is 0.686. The molecule has 0 spiro atoms. The van der Waals surface area contributed by atoms with Crippen LogP contribution < -0.4 is 5.73 Å². The summed E-state index contributed by atoms with van der Waals surface area (Å²) in [5.41, 5.74) is 5.22. The normalized spacial score (nSPS) is 29.6. The summed E-state index contributed by atoms with van der Waals surface area (Å²) in [7, 11) is 0. The Hall–Kier alpha value is -0.360. The van der Waals surface area contributed by atoms with Crippen molar-refractivity contribution in [3.8, 4) is 0 Å². The Kier molecular flexibility index (Phi) is 2.58. The van der Waals surface area contributed by atoms with Gasteiger partial charge in [-0.25, -0.2) is 0 Å². The summed E-state index contributed by atoms with van der Waals surface area (Å²) in [6.07, 6.45) is -4.72. The Morgan fingerprint density at radius 1 is 1.42 bits per heavy atom. The average Bonchev–Trinajstić information content (AvgIpc) is 1.74. The highest BCUT2D eigenvalue weighted by Gasteiger charge is 2.40. The number of ether oxygens (including phenoxy) is 1. The van der Waals surface area contributed by atoms with Crippen LogP contribution in [-0.4, -0.2) is 17.5 Å². The first-order chi connectivity index (χ1) is 5.38. The molecule has 2 N–H and O–H groups in total. The molecule has 12 heavy (non-hydrogen) atoms. The lowest BCUT2D eigenvalue weighted by Gasteiger charge is -2.34. The summed E-state index contributed by atoms with van der Waals surface area (Å²) in [6.45, 7) is 0. The molecule has 0 unspecified atom stereocenters. The fourth-order valence-corrected chi connectivity index (χ4v) is 1.28. The van der Waals surface area contributed by atoms with E-state index in [0.29, 0.717) is 0 Å². The van der Waals surface area contributed by atoms with Crippen LogP contribution in [0.3, 0.4) is 0 Å². The van der Waals surface area contributed by atoms with Crippen molar-refractivity contribution >= 4 is 17.2 Å². The minimum Gasteiger partial charge on any atom is -0.393 e. The molecule has 0 amide bonds. The summed E-state index contributed by atoms with van der Waals surface area (Å²) in [6, 6.07) is 0. The van der Waals surface area contributed by atoms with Crippen LogP contribution in [0.25, 0.3) is 0 Å². The standard InChI is InChI=1S/C6H8F3NOS/c7-6(8,9)11-4-1-3(2-4)5(10)12/h3-4H,1-2H2,(H2,10,12)/t3-,4+. The van der Waals surface area contributed by atoms with Crippen LogP contribution in [0.15, 0.2) is 0 Å². The van der Waals surface area contributed by atoms with Gasteiger partial charge in [0, 0.05) is 5.92 Å². The van der Waals surface area contributed by atoms with E-state index in [9.17, 15) is 13.2 Å². The third-order valence-corrected chi connectivity index (χ3v) is 2.13. The molecule has 0 heterocycles. The molecular weight excluding hydrogens is 191 g/mol. The molecule has 1 aliphatic rings. The van der Waals surface area contributed by atoms with Gasteiger partial charge in [-0.1, -0.05) is 12.2 Å². The van der Waals surface area contributed by atoms with E-state index >= 15 is 0 Å². The van der Waals surface area contributed by atoms with E-state index < -0.39 is 12.5 Å². The number of rotatable bonds is 2. The molecular formula is C6H8F3NOS. The largest absolute Gasteiger partial charge is 0.522 e. The number of alkyl halides is 3. The van der Waals surface area contributed by atoms with E-state index in [2.05, 4.69) is 17.0 Å². The molecule has 0 aromatic rings. The van der Waals surface area contributed by atoms with Crippen molar-refractivity contribution in [1.29, 1.82) is 0 Å². The summed E-state index contributed by atoms with van der Waals surface area (Å²) >= 11 is 4.60. The smallest absolute Gasteiger partial charge is 0.393 e. The van der Waals surface area contributed by atoms with Gasteiger partial charge < -0.3 is 5.73 Å². The van der Waals surface area contributed by atoms with Crippen LogP contribution in [0.2, 0.25) is 0 Å². The van der Waals surface area contributed by atoms with Gasteiger partial charge in [0.1, 0.15) is 0 Å². The molecule has 2 nitrogen and oxygen atoms in total. The lowest BCUT2D eigenvalue weighted by atomic mass is 9.82. The maximum Gasteiger partial charge on any atom is 0.522 e. The summed E-state index contributed by atoms with van der Waals surface area (Å²) < 4.78 is 38.4. The maximum absolute atomic E-state index is 11.6. The maximum atomic E-state index is 11.6. The van der Waals surface area contributed by atoms with Crippen LogP contribution in [0.5, 0.6) is 0 Å².